The molecule has 0 saturated carbocycles. The van der Waals surface area contributed by atoms with Gasteiger partial charge in [-0.15, -0.1) is 0 Å². The minimum Gasteiger partial charge on any atom is -0.389 e. The van der Waals surface area contributed by atoms with Crippen molar-refractivity contribution in [3.05, 3.63) is 33.9 Å². The highest BCUT2D eigenvalue weighted by molar-refractivity contribution is 9.09. The Morgan fingerprint density at radius 3 is 2.42 bits per heavy atom. The van der Waals surface area contributed by atoms with E-state index in [0.717, 1.165) is 24.5 Å². The van der Waals surface area contributed by atoms with Gasteiger partial charge in [-0.3, -0.25) is 10.1 Å². The van der Waals surface area contributed by atoms with E-state index in [-0.39, 0.29) is 15.8 Å². The maximum Gasteiger partial charge on any atom is 0.276 e. The highest BCUT2D eigenvalue weighted by Crippen LogP contribution is 2.30. The van der Waals surface area contributed by atoms with Crippen LogP contribution in [0.1, 0.15) is 11.7 Å². The summed E-state index contributed by atoms with van der Waals surface area (Å²) in [4.78, 5) is 9.91. The van der Waals surface area contributed by atoms with Crippen LogP contribution >= 0.6 is 15.9 Å². The SMILES string of the molecule is CS(=O)(=O)c1ccc(C(O)C(O)CBr)c([N+](=O)[O-])c1. The van der Waals surface area contributed by atoms with Crippen molar-refractivity contribution in [2.75, 3.05) is 11.6 Å². The molecule has 0 fully saturated rings. The van der Waals surface area contributed by atoms with Gasteiger partial charge in [0, 0.05) is 17.7 Å². The number of rotatable bonds is 5. The van der Waals surface area contributed by atoms with Crippen LogP contribution in [-0.2, 0) is 9.84 Å². The van der Waals surface area contributed by atoms with E-state index < -0.39 is 32.7 Å². The normalized spacial score (nSPS) is 14.9. The van der Waals surface area contributed by atoms with E-state index in [2.05, 4.69) is 15.9 Å². The van der Waals surface area contributed by atoms with Crippen molar-refractivity contribution in [2.24, 2.45) is 0 Å². The molecule has 9 heteroatoms. The summed E-state index contributed by atoms with van der Waals surface area (Å²) < 4.78 is 22.7. The third-order valence-corrected chi connectivity index (χ3v) is 4.24. The number of hydrogen-bond acceptors (Lipinski definition) is 6. The quantitative estimate of drug-likeness (QED) is 0.459. The second-order valence-corrected chi connectivity index (χ2v) is 6.58. The van der Waals surface area contributed by atoms with E-state index in [0.29, 0.717) is 0 Å². The lowest BCUT2D eigenvalue weighted by atomic mass is 10.0. The predicted octanol–water partition coefficient (Wildman–Crippen LogP) is 0.788. The number of halogens is 1. The number of alkyl halides is 1. The summed E-state index contributed by atoms with van der Waals surface area (Å²) >= 11 is 2.94. The van der Waals surface area contributed by atoms with Crippen LogP contribution in [0.4, 0.5) is 5.69 Å². The largest absolute Gasteiger partial charge is 0.389 e. The third-order valence-electron chi connectivity index (χ3n) is 2.47. The lowest BCUT2D eigenvalue weighted by Gasteiger charge is -2.16. The predicted molar refractivity (Wildman–Crippen MR) is 71.0 cm³/mol. The Morgan fingerprint density at radius 1 is 1.42 bits per heavy atom. The summed E-state index contributed by atoms with van der Waals surface area (Å²) in [7, 11) is -3.58. The molecule has 0 aliphatic rings. The smallest absolute Gasteiger partial charge is 0.276 e. The number of sulfone groups is 1. The molecule has 1 aromatic carbocycles. The molecule has 0 bridgehead atoms. The van der Waals surface area contributed by atoms with Crippen LogP contribution < -0.4 is 0 Å². The van der Waals surface area contributed by atoms with E-state index in [1.807, 2.05) is 0 Å². The summed E-state index contributed by atoms with van der Waals surface area (Å²) in [6.07, 6.45) is -1.79. The third kappa shape index (κ3) is 3.72. The average molecular weight is 354 g/mol. The van der Waals surface area contributed by atoms with Gasteiger partial charge in [0.05, 0.1) is 21.5 Å². The Kier molecular flexibility index (Phi) is 5.02. The molecule has 0 radical (unpaired) electrons. The van der Waals surface area contributed by atoms with Gasteiger partial charge >= 0.3 is 0 Å². The van der Waals surface area contributed by atoms with Crippen molar-refractivity contribution in [1.29, 1.82) is 0 Å². The summed E-state index contributed by atoms with van der Waals surface area (Å²) in [6.45, 7) is 0. The highest BCUT2D eigenvalue weighted by Gasteiger charge is 2.27. The molecule has 0 aliphatic carbocycles. The molecule has 0 spiro atoms. The Hall–Kier alpha value is -1.03. The fourth-order valence-electron chi connectivity index (χ4n) is 1.45. The second-order valence-electron chi connectivity index (χ2n) is 3.92. The zero-order valence-electron chi connectivity index (χ0n) is 9.85. The lowest BCUT2D eigenvalue weighted by molar-refractivity contribution is -0.386. The Bertz CT molecular complexity index is 588. The number of aliphatic hydroxyl groups is 2. The van der Waals surface area contributed by atoms with Gasteiger partial charge in [-0.1, -0.05) is 15.9 Å². The van der Waals surface area contributed by atoms with Crippen LogP contribution in [0.3, 0.4) is 0 Å². The number of nitro groups is 1. The fraction of sp³-hybridized carbons (Fsp3) is 0.400. The molecule has 0 heterocycles. The molecule has 1 rings (SSSR count). The Balaban J connectivity index is 3.39. The van der Waals surface area contributed by atoms with Crippen LogP contribution in [0, 0.1) is 10.1 Å². The average Bonchev–Trinajstić information content (AvgIpc) is 2.35. The van der Waals surface area contributed by atoms with Gasteiger partial charge in [-0.25, -0.2) is 8.42 Å². The summed E-state index contributed by atoms with van der Waals surface area (Å²) in [6, 6.07) is 3.15. The second kappa shape index (κ2) is 5.95. The molecule has 2 N–H and O–H groups in total. The molecule has 0 saturated heterocycles. The molecule has 0 aliphatic heterocycles. The highest BCUT2D eigenvalue weighted by atomic mass is 79.9. The molecule has 2 atom stereocenters. The molecule has 0 amide bonds. The van der Waals surface area contributed by atoms with Gasteiger partial charge in [0.2, 0.25) is 0 Å². The molecule has 1 aromatic rings. The lowest BCUT2D eigenvalue weighted by Crippen LogP contribution is -2.20. The van der Waals surface area contributed by atoms with E-state index in [9.17, 15) is 28.7 Å². The number of nitrogens with zero attached hydrogens (tertiary/aromatic N) is 1. The Labute approximate surface area is 118 Å². The molecule has 19 heavy (non-hydrogen) atoms. The first-order valence-electron chi connectivity index (χ1n) is 5.09. The van der Waals surface area contributed by atoms with Crippen molar-refractivity contribution >= 4 is 31.5 Å². The number of benzene rings is 1. The maximum absolute atomic E-state index is 11.3. The number of aliphatic hydroxyl groups excluding tert-OH is 2. The minimum absolute atomic E-state index is 0.0269. The van der Waals surface area contributed by atoms with Crippen LogP contribution in [0.2, 0.25) is 0 Å². The summed E-state index contributed by atoms with van der Waals surface area (Å²) in [5, 5.41) is 30.2. The van der Waals surface area contributed by atoms with Gasteiger partial charge < -0.3 is 10.2 Å². The molecule has 7 nitrogen and oxygen atoms in total. The van der Waals surface area contributed by atoms with E-state index in [4.69, 9.17) is 0 Å². The van der Waals surface area contributed by atoms with Gasteiger partial charge in [-0.2, -0.15) is 0 Å². The topological polar surface area (TPSA) is 118 Å². The first kappa shape index (κ1) is 16.0. The van der Waals surface area contributed by atoms with Gasteiger partial charge in [0.25, 0.3) is 5.69 Å². The first-order chi connectivity index (χ1) is 8.68. The van der Waals surface area contributed by atoms with Gasteiger partial charge in [0.15, 0.2) is 9.84 Å². The van der Waals surface area contributed by atoms with Gasteiger partial charge in [-0.05, 0) is 12.1 Å². The van der Waals surface area contributed by atoms with Crippen LogP contribution in [0.5, 0.6) is 0 Å². The van der Waals surface area contributed by atoms with Crippen molar-refractivity contribution in [3.63, 3.8) is 0 Å². The standard InChI is InChI=1S/C10H12BrNO6S/c1-19(17,18)6-2-3-7(8(4-6)12(15)16)10(14)9(13)5-11/h2-4,9-10,13-14H,5H2,1H3. The first-order valence-corrected chi connectivity index (χ1v) is 8.10. The molecular formula is C10H12BrNO6S. The van der Waals surface area contributed by atoms with Crippen LogP contribution in [-0.4, -0.2) is 41.2 Å². The number of nitro benzene ring substituents is 1. The van der Waals surface area contributed by atoms with Gasteiger partial charge in [0.1, 0.15) is 6.10 Å². The van der Waals surface area contributed by atoms with E-state index in [1.165, 1.54) is 0 Å². The summed E-state index contributed by atoms with van der Waals surface area (Å²) in [5.74, 6) is 0. The van der Waals surface area contributed by atoms with E-state index in [1.54, 1.807) is 0 Å². The molecular weight excluding hydrogens is 342 g/mol. The summed E-state index contributed by atoms with van der Waals surface area (Å²) in [5.41, 5.74) is -0.681. The zero-order valence-corrected chi connectivity index (χ0v) is 12.3. The number of hydrogen-bond donors (Lipinski definition) is 2. The van der Waals surface area contributed by atoms with Crippen molar-refractivity contribution in [3.8, 4) is 0 Å². The zero-order chi connectivity index (χ0) is 14.8. The minimum atomic E-state index is -3.58. The Morgan fingerprint density at radius 2 is 2.00 bits per heavy atom. The fourth-order valence-corrected chi connectivity index (χ4v) is 2.45. The molecule has 106 valence electrons. The van der Waals surface area contributed by atoms with Crippen LogP contribution in [0.15, 0.2) is 23.1 Å². The molecule has 2 unspecified atom stereocenters. The van der Waals surface area contributed by atoms with Crippen molar-refractivity contribution in [2.45, 2.75) is 17.1 Å². The monoisotopic (exact) mass is 353 g/mol. The van der Waals surface area contributed by atoms with Crippen molar-refractivity contribution < 1.29 is 23.6 Å². The molecule has 0 aromatic heterocycles. The maximum atomic E-state index is 11.3. The van der Waals surface area contributed by atoms with Crippen LogP contribution in [0.25, 0.3) is 0 Å². The van der Waals surface area contributed by atoms with E-state index >= 15 is 0 Å². The van der Waals surface area contributed by atoms with Crippen molar-refractivity contribution in [1.82, 2.24) is 0 Å².